The van der Waals surface area contributed by atoms with E-state index in [1.165, 1.54) is 0 Å². The van der Waals surface area contributed by atoms with Crippen molar-refractivity contribution in [3.63, 3.8) is 0 Å². The van der Waals surface area contributed by atoms with Crippen molar-refractivity contribution in [3.8, 4) is 11.5 Å². The fraction of sp³-hybridized carbons (Fsp3) is 0.441. The van der Waals surface area contributed by atoms with Crippen LogP contribution in [0.25, 0.3) is 0 Å². The monoisotopic (exact) mass is 532 g/mol. The number of aliphatic hydroxyl groups excluding tert-OH is 1. The summed E-state index contributed by atoms with van der Waals surface area (Å²) >= 11 is 0. The highest BCUT2D eigenvalue weighted by Crippen LogP contribution is 2.36. The highest BCUT2D eigenvalue weighted by molar-refractivity contribution is 5.91. The van der Waals surface area contributed by atoms with Gasteiger partial charge in [0.2, 0.25) is 0 Å². The van der Waals surface area contributed by atoms with Crippen LogP contribution >= 0.6 is 0 Å². The van der Waals surface area contributed by atoms with Gasteiger partial charge in [-0.2, -0.15) is 0 Å². The average Bonchev–Trinajstić information content (AvgIpc) is 2.93. The van der Waals surface area contributed by atoms with E-state index >= 15 is 0 Å². The first kappa shape index (κ1) is 30.2. The summed E-state index contributed by atoms with van der Waals surface area (Å²) in [7, 11) is 0. The molecule has 5 heteroatoms. The van der Waals surface area contributed by atoms with Crippen molar-refractivity contribution in [2.24, 2.45) is 11.8 Å². The van der Waals surface area contributed by atoms with Crippen LogP contribution in [0.2, 0.25) is 0 Å². The number of carbonyl (C=O) groups is 1. The maximum absolute atomic E-state index is 13.1. The lowest BCUT2D eigenvalue weighted by atomic mass is 9.83. The first-order valence-corrected chi connectivity index (χ1v) is 14.2. The summed E-state index contributed by atoms with van der Waals surface area (Å²) in [5.41, 5.74) is 3.40. The summed E-state index contributed by atoms with van der Waals surface area (Å²) < 4.78 is 17.4. The SMILES string of the molecule is CCC(O)COC(=O)c1ccccc1C(c1ccc(OCCC(C)C)cc1)c1ccc(OCCC(C)C)cc1. The molecule has 3 rings (SSSR count). The molecule has 3 aromatic carbocycles. The summed E-state index contributed by atoms with van der Waals surface area (Å²) in [6, 6.07) is 23.7. The summed E-state index contributed by atoms with van der Waals surface area (Å²) in [6.07, 6.45) is 1.84. The molecule has 0 saturated carbocycles. The molecule has 0 aliphatic rings. The van der Waals surface area contributed by atoms with Crippen LogP contribution in [-0.4, -0.2) is 37.0 Å². The third kappa shape index (κ3) is 9.43. The molecule has 1 atom stereocenters. The Morgan fingerprint density at radius 3 is 1.69 bits per heavy atom. The van der Waals surface area contributed by atoms with E-state index in [1.54, 1.807) is 6.07 Å². The van der Waals surface area contributed by atoms with Crippen molar-refractivity contribution in [1.29, 1.82) is 0 Å². The molecule has 0 aliphatic carbocycles. The molecule has 0 aliphatic heterocycles. The Hall–Kier alpha value is -3.31. The highest BCUT2D eigenvalue weighted by atomic mass is 16.5. The minimum Gasteiger partial charge on any atom is -0.494 e. The predicted molar refractivity (Wildman–Crippen MR) is 157 cm³/mol. The van der Waals surface area contributed by atoms with Gasteiger partial charge in [-0.25, -0.2) is 4.79 Å². The molecule has 0 heterocycles. The van der Waals surface area contributed by atoms with Crippen LogP contribution in [0.5, 0.6) is 11.5 Å². The molecular weight excluding hydrogens is 488 g/mol. The summed E-state index contributed by atoms with van der Waals surface area (Å²) in [5, 5.41) is 9.92. The van der Waals surface area contributed by atoms with Crippen molar-refractivity contribution in [1.82, 2.24) is 0 Å². The van der Waals surface area contributed by atoms with Gasteiger partial charge in [-0.05, 0) is 78.1 Å². The van der Waals surface area contributed by atoms with Gasteiger partial charge in [0.1, 0.15) is 18.1 Å². The van der Waals surface area contributed by atoms with E-state index in [2.05, 4.69) is 52.0 Å². The molecule has 0 spiro atoms. The number of esters is 1. The van der Waals surface area contributed by atoms with Gasteiger partial charge in [0.05, 0.1) is 24.9 Å². The molecule has 0 saturated heterocycles. The van der Waals surface area contributed by atoms with Gasteiger partial charge in [0.15, 0.2) is 0 Å². The molecule has 0 bridgehead atoms. The fourth-order valence-electron chi connectivity index (χ4n) is 4.19. The number of hydrogen-bond donors (Lipinski definition) is 1. The van der Waals surface area contributed by atoms with Crippen LogP contribution in [0, 0.1) is 11.8 Å². The van der Waals surface area contributed by atoms with Gasteiger partial charge in [0.25, 0.3) is 0 Å². The Morgan fingerprint density at radius 2 is 1.23 bits per heavy atom. The summed E-state index contributed by atoms with van der Waals surface area (Å²) in [6.45, 7) is 11.9. The number of benzene rings is 3. The minimum absolute atomic E-state index is 0.0286. The lowest BCUT2D eigenvalue weighted by Gasteiger charge is -2.22. The zero-order valence-electron chi connectivity index (χ0n) is 24.1. The predicted octanol–water partition coefficient (Wildman–Crippen LogP) is 7.64. The molecule has 3 aromatic rings. The van der Waals surface area contributed by atoms with Crippen LogP contribution in [-0.2, 0) is 4.74 Å². The Kier molecular flexibility index (Phi) is 11.9. The normalized spacial score (nSPS) is 12.1. The third-order valence-corrected chi connectivity index (χ3v) is 6.72. The van der Waals surface area contributed by atoms with Crippen LogP contribution in [0.3, 0.4) is 0 Å². The van der Waals surface area contributed by atoms with Crippen molar-refractivity contribution < 1.29 is 24.1 Å². The zero-order chi connectivity index (χ0) is 28.2. The first-order valence-electron chi connectivity index (χ1n) is 14.2. The Bertz CT molecular complexity index is 1080. The number of rotatable bonds is 15. The summed E-state index contributed by atoms with van der Waals surface area (Å²) in [4.78, 5) is 13.1. The van der Waals surface area contributed by atoms with Gasteiger partial charge in [-0.15, -0.1) is 0 Å². The van der Waals surface area contributed by atoms with Crippen LogP contribution in [0.15, 0.2) is 72.8 Å². The minimum atomic E-state index is -0.677. The second kappa shape index (κ2) is 15.3. The van der Waals surface area contributed by atoms with E-state index < -0.39 is 12.1 Å². The maximum Gasteiger partial charge on any atom is 0.338 e. The van der Waals surface area contributed by atoms with E-state index in [1.807, 2.05) is 49.4 Å². The van der Waals surface area contributed by atoms with Crippen molar-refractivity contribution in [2.75, 3.05) is 19.8 Å². The lowest BCUT2D eigenvalue weighted by molar-refractivity contribution is 0.0249. The number of carbonyl (C=O) groups excluding carboxylic acids is 1. The van der Waals surface area contributed by atoms with E-state index in [4.69, 9.17) is 14.2 Å². The number of ether oxygens (including phenoxy) is 3. The van der Waals surface area contributed by atoms with Crippen LogP contribution in [0.1, 0.15) is 86.8 Å². The lowest BCUT2D eigenvalue weighted by Crippen LogP contribution is -2.19. The Labute approximate surface area is 234 Å². The Balaban J connectivity index is 1.93. The van der Waals surface area contributed by atoms with Crippen LogP contribution < -0.4 is 9.47 Å². The zero-order valence-corrected chi connectivity index (χ0v) is 24.1. The van der Waals surface area contributed by atoms with E-state index in [0.717, 1.165) is 41.0 Å². The van der Waals surface area contributed by atoms with Crippen molar-refractivity contribution in [3.05, 3.63) is 95.1 Å². The first-order chi connectivity index (χ1) is 18.8. The molecule has 0 radical (unpaired) electrons. The standard InChI is InChI=1S/C34H44O5/c1-6-28(35)23-39-34(36)32-10-8-7-9-31(32)33(26-11-15-29(16-12-26)37-21-19-24(2)3)27-13-17-30(18-14-27)38-22-20-25(4)5/h7-18,24-25,28,33,35H,6,19-23H2,1-5H3. The molecule has 1 unspecified atom stereocenters. The molecule has 0 amide bonds. The number of hydrogen-bond acceptors (Lipinski definition) is 5. The molecular formula is C34H44O5. The molecule has 210 valence electrons. The van der Waals surface area contributed by atoms with Crippen molar-refractivity contribution >= 4 is 5.97 Å². The molecule has 0 fully saturated rings. The molecule has 0 aromatic heterocycles. The highest BCUT2D eigenvalue weighted by Gasteiger charge is 2.24. The van der Waals surface area contributed by atoms with E-state index in [0.29, 0.717) is 37.0 Å². The Morgan fingerprint density at radius 1 is 0.744 bits per heavy atom. The quantitative estimate of drug-likeness (QED) is 0.161. The smallest absolute Gasteiger partial charge is 0.338 e. The fourth-order valence-corrected chi connectivity index (χ4v) is 4.19. The average molecular weight is 533 g/mol. The second-order valence-corrected chi connectivity index (χ2v) is 10.9. The van der Waals surface area contributed by atoms with Gasteiger partial charge in [-0.1, -0.05) is 77.1 Å². The number of aliphatic hydroxyl groups is 1. The maximum atomic E-state index is 13.1. The third-order valence-electron chi connectivity index (χ3n) is 6.72. The summed E-state index contributed by atoms with van der Waals surface area (Å²) in [5.74, 6) is 2.17. The second-order valence-electron chi connectivity index (χ2n) is 10.9. The van der Waals surface area contributed by atoms with Crippen molar-refractivity contribution in [2.45, 2.75) is 65.9 Å². The largest absolute Gasteiger partial charge is 0.494 e. The topological polar surface area (TPSA) is 65.0 Å². The van der Waals surface area contributed by atoms with Gasteiger partial charge in [0, 0.05) is 5.92 Å². The molecule has 1 N–H and O–H groups in total. The van der Waals surface area contributed by atoms with E-state index in [9.17, 15) is 9.90 Å². The molecule has 39 heavy (non-hydrogen) atoms. The van der Waals surface area contributed by atoms with E-state index in [-0.39, 0.29) is 12.5 Å². The van der Waals surface area contributed by atoms with Gasteiger partial charge in [-0.3, -0.25) is 0 Å². The van der Waals surface area contributed by atoms with Gasteiger partial charge >= 0.3 is 5.97 Å². The molecule has 5 nitrogen and oxygen atoms in total. The van der Waals surface area contributed by atoms with Crippen LogP contribution in [0.4, 0.5) is 0 Å². The van der Waals surface area contributed by atoms with Gasteiger partial charge < -0.3 is 19.3 Å².